The van der Waals surface area contributed by atoms with Gasteiger partial charge in [-0.3, -0.25) is 0 Å². The van der Waals surface area contributed by atoms with Crippen LogP contribution in [0.4, 0.5) is 10.2 Å². The van der Waals surface area contributed by atoms with E-state index in [1.807, 2.05) is 0 Å². The highest BCUT2D eigenvalue weighted by molar-refractivity contribution is 8.00. The monoisotopic (exact) mass is 348 g/mol. The first-order chi connectivity index (χ1) is 9.91. The van der Waals surface area contributed by atoms with Crippen molar-refractivity contribution in [3.05, 3.63) is 49.9 Å². The Balaban J connectivity index is 2.31. The molecule has 1 aromatic rings. The molecular formula is C13H11Cl2FN2O2S. The van der Waals surface area contributed by atoms with Crippen LogP contribution in [0.25, 0.3) is 0 Å². The van der Waals surface area contributed by atoms with Gasteiger partial charge in [-0.25, -0.2) is 4.39 Å². The maximum atomic E-state index is 13.6. The van der Waals surface area contributed by atoms with Gasteiger partial charge in [0.15, 0.2) is 0 Å². The van der Waals surface area contributed by atoms with Crippen LogP contribution in [-0.2, 0) is 0 Å². The molecule has 0 fully saturated rings. The Morgan fingerprint density at radius 3 is 2.86 bits per heavy atom. The molecule has 0 saturated heterocycles. The number of halogens is 3. The minimum atomic E-state index is -0.552. The highest BCUT2D eigenvalue weighted by Gasteiger charge is 2.27. The second kappa shape index (κ2) is 6.77. The summed E-state index contributed by atoms with van der Waals surface area (Å²) in [5, 5.41) is 11.1. The summed E-state index contributed by atoms with van der Waals surface area (Å²) in [4.78, 5) is 14.5. The average Bonchev–Trinajstić information content (AvgIpc) is 2.43. The predicted octanol–water partition coefficient (Wildman–Crippen LogP) is 5.18. The third-order valence-electron chi connectivity index (χ3n) is 2.96. The second-order valence-electron chi connectivity index (χ2n) is 4.38. The van der Waals surface area contributed by atoms with Crippen molar-refractivity contribution >= 4 is 40.8 Å². The number of aromatic nitrogens is 1. The van der Waals surface area contributed by atoms with Gasteiger partial charge < -0.3 is 10.1 Å². The van der Waals surface area contributed by atoms with E-state index in [1.54, 1.807) is 19.1 Å². The fourth-order valence-corrected chi connectivity index (χ4v) is 4.04. The SMILES string of the molecule is CC(Sc1cccnc1[N+](=O)[O-])C1=C(Cl)CCC(F)=C1Cl. The van der Waals surface area contributed by atoms with Crippen LogP contribution in [0.1, 0.15) is 19.8 Å². The van der Waals surface area contributed by atoms with E-state index in [4.69, 9.17) is 23.2 Å². The van der Waals surface area contributed by atoms with E-state index in [2.05, 4.69) is 4.98 Å². The van der Waals surface area contributed by atoms with Crippen molar-refractivity contribution in [3.8, 4) is 0 Å². The van der Waals surface area contributed by atoms with Crippen molar-refractivity contribution in [2.24, 2.45) is 0 Å². The lowest BCUT2D eigenvalue weighted by Crippen LogP contribution is -2.09. The Kier molecular flexibility index (Phi) is 5.24. The lowest BCUT2D eigenvalue weighted by Gasteiger charge is -2.21. The fraction of sp³-hybridized carbons (Fsp3) is 0.308. The fourth-order valence-electron chi connectivity index (χ4n) is 1.99. The van der Waals surface area contributed by atoms with Gasteiger partial charge in [-0.05, 0) is 35.4 Å². The maximum Gasteiger partial charge on any atom is 0.377 e. The summed E-state index contributed by atoms with van der Waals surface area (Å²) in [7, 11) is 0. The molecule has 1 aromatic heterocycles. The van der Waals surface area contributed by atoms with Gasteiger partial charge in [-0.15, -0.1) is 11.8 Å². The molecule has 0 amide bonds. The number of hydrogen-bond acceptors (Lipinski definition) is 4. The molecular weight excluding hydrogens is 338 g/mol. The zero-order valence-corrected chi connectivity index (χ0v) is 13.3. The van der Waals surface area contributed by atoms with Crippen LogP contribution in [0.15, 0.2) is 44.7 Å². The zero-order valence-electron chi connectivity index (χ0n) is 11.0. The van der Waals surface area contributed by atoms with E-state index in [0.717, 1.165) is 0 Å². The van der Waals surface area contributed by atoms with E-state index in [1.165, 1.54) is 18.0 Å². The first kappa shape index (κ1) is 16.3. The summed E-state index contributed by atoms with van der Waals surface area (Å²) in [5.41, 5.74) is 0.491. The molecule has 1 unspecified atom stereocenters. The summed E-state index contributed by atoms with van der Waals surface area (Å²) in [6.07, 6.45) is 1.93. The van der Waals surface area contributed by atoms with Gasteiger partial charge in [0.2, 0.25) is 0 Å². The van der Waals surface area contributed by atoms with Gasteiger partial charge in [-0.2, -0.15) is 0 Å². The highest BCUT2D eigenvalue weighted by atomic mass is 35.5. The van der Waals surface area contributed by atoms with Gasteiger partial charge in [0.1, 0.15) is 16.9 Å². The Bertz CT molecular complexity index is 649. The first-order valence-corrected chi connectivity index (χ1v) is 7.74. The number of thioether (sulfide) groups is 1. The third-order valence-corrected chi connectivity index (χ3v) is 4.93. The lowest BCUT2D eigenvalue weighted by molar-refractivity contribution is -0.392. The van der Waals surface area contributed by atoms with Gasteiger partial charge in [0.25, 0.3) is 0 Å². The molecule has 112 valence electrons. The van der Waals surface area contributed by atoms with Crippen molar-refractivity contribution in [1.82, 2.24) is 4.98 Å². The summed E-state index contributed by atoms with van der Waals surface area (Å²) in [5.74, 6) is -0.633. The summed E-state index contributed by atoms with van der Waals surface area (Å²) < 4.78 is 13.6. The first-order valence-electron chi connectivity index (χ1n) is 6.11. The van der Waals surface area contributed by atoms with Crippen LogP contribution in [0.3, 0.4) is 0 Å². The predicted molar refractivity (Wildman–Crippen MR) is 82.3 cm³/mol. The lowest BCUT2D eigenvalue weighted by atomic mass is 10.0. The van der Waals surface area contributed by atoms with Crippen molar-refractivity contribution in [2.75, 3.05) is 0 Å². The molecule has 0 saturated carbocycles. The topological polar surface area (TPSA) is 56.0 Å². The van der Waals surface area contributed by atoms with Crippen molar-refractivity contribution < 1.29 is 9.31 Å². The summed E-state index contributed by atoms with van der Waals surface area (Å²) in [6, 6.07) is 3.20. The van der Waals surface area contributed by atoms with Gasteiger partial charge in [0, 0.05) is 22.3 Å². The number of pyridine rings is 1. The summed E-state index contributed by atoms with van der Waals surface area (Å²) in [6.45, 7) is 1.78. The van der Waals surface area contributed by atoms with E-state index >= 15 is 0 Å². The van der Waals surface area contributed by atoms with Crippen molar-refractivity contribution in [1.29, 1.82) is 0 Å². The molecule has 2 rings (SSSR count). The molecule has 1 heterocycles. The maximum absolute atomic E-state index is 13.6. The molecule has 1 aliphatic rings. The molecule has 0 bridgehead atoms. The Hall–Kier alpha value is -1.11. The van der Waals surface area contributed by atoms with Crippen LogP contribution in [0.2, 0.25) is 0 Å². The van der Waals surface area contributed by atoms with Gasteiger partial charge in [0.05, 0.1) is 5.03 Å². The number of nitrogens with zero attached hydrogens (tertiary/aromatic N) is 2. The largest absolute Gasteiger partial charge is 0.377 e. The zero-order chi connectivity index (χ0) is 15.6. The Morgan fingerprint density at radius 1 is 1.48 bits per heavy atom. The van der Waals surface area contributed by atoms with Gasteiger partial charge >= 0.3 is 5.82 Å². The second-order valence-corrected chi connectivity index (χ2v) is 6.60. The number of nitro groups is 1. The van der Waals surface area contributed by atoms with E-state index < -0.39 is 10.8 Å². The molecule has 0 N–H and O–H groups in total. The normalized spacial score (nSPS) is 17.1. The van der Waals surface area contributed by atoms with E-state index in [0.29, 0.717) is 21.9 Å². The number of hydrogen-bond donors (Lipinski definition) is 0. The molecule has 1 aliphatic carbocycles. The molecule has 0 spiro atoms. The average molecular weight is 349 g/mol. The third kappa shape index (κ3) is 3.56. The quantitative estimate of drug-likeness (QED) is 0.427. The van der Waals surface area contributed by atoms with E-state index in [-0.39, 0.29) is 22.5 Å². The van der Waals surface area contributed by atoms with Gasteiger partial charge in [-0.1, -0.05) is 23.2 Å². The van der Waals surface area contributed by atoms with Crippen LogP contribution >= 0.6 is 35.0 Å². The Morgan fingerprint density at radius 2 is 2.19 bits per heavy atom. The molecule has 8 heteroatoms. The van der Waals surface area contributed by atoms with Crippen LogP contribution in [0.5, 0.6) is 0 Å². The molecule has 21 heavy (non-hydrogen) atoms. The highest BCUT2D eigenvalue weighted by Crippen LogP contribution is 2.43. The van der Waals surface area contributed by atoms with Crippen LogP contribution < -0.4 is 0 Å². The standard InChI is InChI=1S/C13H11Cl2FN2O2S/c1-7(11-8(14)4-5-9(16)12(11)15)21-10-3-2-6-17-13(10)18(19)20/h2-3,6-7H,4-5H2,1H3. The minimum absolute atomic E-state index is 0.0118. The van der Waals surface area contributed by atoms with Crippen LogP contribution in [-0.4, -0.2) is 15.2 Å². The van der Waals surface area contributed by atoms with Crippen molar-refractivity contribution in [3.63, 3.8) is 0 Å². The molecule has 0 radical (unpaired) electrons. The molecule has 0 aliphatic heterocycles. The van der Waals surface area contributed by atoms with Crippen molar-refractivity contribution in [2.45, 2.75) is 29.9 Å². The molecule has 1 atom stereocenters. The molecule has 4 nitrogen and oxygen atoms in total. The molecule has 0 aromatic carbocycles. The van der Waals surface area contributed by atoms with E-state index in [9.17, 15) is 14.5 Å². The number of rotatable bonds is 4. The number of allylic oxidation sites excluding steroid dienone is 3. The smallest absolute Gasteiger partial charge is 0.358 e. The van der Waals surface area contributed by atoms with Crippen LogP contribution in [0, 0.1) is 10.1 Å². The summed E-state index contributed by atoms with van der Waals surface area (Å²) >= 11 is 13.3. The minimum Gasteiger partial charge on any atom is -0.358 e. The Labute approximate surface area is 135 Å².